The summed E-state index contributed by atoms with van der Waals surface area (Å²) in [6.45, 7) is 9.83. The Hall–Kier alpha value is -0.850. The number of hydrogen-bond donors (Lipinski definition) is 0. The molecule has 0 aromatic rings. The first-order valence-corrected chi connectivity index (χ1v) is 4.34. The number of allylic oxidation sites excluding steroid dienone is 4. The van der Waals surface area contributed by atoms with Gasteiger partial charge in [0, 0.05) is 0 Å². The Morgan fingerprint density at radius 1 is 1.17 bits per heavy atom. The number of hydrogen-bond acceptors (Lipinski definition) is 1. The smallest absolute Gasteiger partial charge is 0.181 e. The van der Waals surface area contributed by atoms with Gasteiger partial charge in [-0.15, -0.1) is 0 Å². The molecule has 0 aliphatic heterocycles. The van der Waals surface area contributed by atoms with E-state index in [4.69, 9.17) is 0 Å². The molecular weight excluding hydrogens is 148 g/mol. The molecule has 0 atom stereocenters. The van der Waals surface area contributed by atoms with Crippen molar-refractivity contribution in [3.05, 3.63) is 22.8 Å². The van der Waals surface area contributed by atoms with Crippen LogP contribution in [0, 0.1) is 0 Å². The van der Waals surface area contributed by atoms with E-state index in [9.17, 15) is 4.79 Å². The minimum atomic E-state index is 0.148. The Labute approximate surface area is 75.2 Å². The van der Waals surface area contributed by atoms with Crippen molar-refractivity contribution >= 4 is 5.78 Å². The lowest BCUT2D eigenvalue weighted by Crippen LogP contribution is -1.98. The third-order valence-corrected chi connectivity index (χ3v) is 1.96. The number of carbonyl (C=O) groups excluding carboxylic acids is 1. The predicted octanol–water partition coefficient (Wildman–Crippen LogP) is 3.27. The monoisotopic (exact) mass is 166 g/mol. The summed E-state index contributed by atoms with van der Waals surface area (Å²) in [4.78, 5) is 11.4. The van der Waals surface area contributed by atoms with E-state index < -0.39 is 0 Å². The summed E-state index contributed by atoms with van der Waals surface area (Å²) >= 11 is 0. The number of carbonyl (C=O) groups is 1. The zero-order valence-electron chi connectivity index (χ0n) is 8.69. The SMILES string of the molecule is CCC(C)=C(C)C(=O)C=C(C)C. The summed E-state index contributed by atoms with van der Waals surface area (Å²) in [5.74, 6) is 0.148. The molecule has 0 fully saturated rings. The molecule has 0 radical (unpaired) electrons. The van der Waals surface area contributed by atoms with Crippen LogP contribution < -0.4 is 0 Å². The van der Waals surface area contributed by atoms with Crippen LogP contribution in [0.1, 0.15) is 41.0 Å². The van der Waals surface area contributed by atoms with Crippen LogP contribution in [-0.2, 0) is 4.79 Å². The Kier molecular flexibility index (Phi) is 4.57. The average molecular weight is 166 g/mol. The summed E-state index contributed by atoms with van der Waals surface area (Å²) in [6, 6.07) is 0. The van der Waals surface area contributed by atoms with Gasteiger partial charge in [0.15, 0.2) is 5.78 Å². The Morgan fingerprint density at radius 2 is 1.67 bits per heavy atom. The summed E-state index contributed by atoms with van der Waals surface area (Å²) in [6.07, 6.45) is 2.64. The first-order valence-electron chi connectivity index (χ1n) is 4.34. The fraction of sp³-hybridized carbons (Fsp3) is 0.545. The van der Waals surface area contributed by atoms with E-state index in [2.05, 4.69) is 6.92 Å². The van der Waals surface area contributed by atoms with Gasteiger partial charge in [-0.1, -0.05) is 18.1 Å². The fourth-order valence-electron chi connectivity index (χ4n) is 0.846. The standard InChI is InChI=1S/C11H18O/c1-6-9(4)10(5)11(12)7-8(2)3/h7H,6H2,1-5H3. The Morgan fingerprint density at radius 3 is 2.00 bits per heavy atom. The molecule has 0 N–H and O–H groups in total. The Bertz CT molecular complexity index is 227. The summed E-state index contributed by atoms with van der Waals surface area (Å²) in [5, 5.41) is 0. The third kappa shape index (κ3) is 3.51. The van der Waals surface area contributed by atoms with Crippen molar-refractivity contribution in [3.8, 4) is 0 Å². The van der Waals surface area contributed by atoms with E-state index >= 15 is 0 Å². The molecule has 0 aromatic carbocycles. The van der Waals surface area contributed by atoms with Gasteiger partial charge in [0.05, 0.1) is 0 Å². The zero-order chi connectivity index (χ0) is 9.72. The van der Waals surface area contributed by atoms with Crippen molar-refractivity contribution in [2.24, 2.45) is 0 Å². The van der Waals surface area contributed by atoms with Gasteiger partial charge in [0.1, 0.15) is 0 Å². The fourth-order valence-corrected chi connectivity index (χ4v) is 0.846. The largest absolute Gasteiger partial charge is 0.290 e. The van der Waals surface area contributed by atoms with Crippen LogP contribution in [-0.4, -0.2) is 5.78 Å². The van der Waals surface area contributed by atoms with Crippen LogP contribution in [0.2, 0.25) is 0 Å². The predicted molar refractivity (Wildman–Crippen MR) is 53.1 cm³/mol. The molecule has 0 bridgehead atoms. The van der Waals surface area contributed by atoms with E-state index in [1.54, 1.807) is 6.08 Å². The van der Waals surface area contributed by atoms with Gasteiger partial charge in [-0.2, -0.15) is 0 Å². The highest BCUT2D eigenvalue weighted by atomic mass is 16.1. The van der Waals surface area contributed by atoms with E-state index in [-0.39, 0.29) is 5.78 Å². The van der Waals surface area contributed by atoms with Crippen LogP contribution in [0.5, 0.6) is 0 Å². The molecule has 0 amide bonds. The molecule has 12 heavy (non-hydrogen) atoms. The summed E-state index contributed by atoms with van der Waals surface area (Å²) in [7, 11) is 0. The molecule has 0 saturated heterocycles. The maximum Gasteiger partial charge on any atom is 0.181 e. The van der Waals surface area contributed by atoms with Crippen LogP contribution in [0.15, 0.2) is 22.8 Å². The normalized spacial score (nSPS) is 12.1. The molecule has 0 saturated carbocycles. The first kappa shape index (κ1) is 11.2. The minimum Gasteiger partial charge on any atom is -0.290 e. The van der Waals surface area contributed by atoms with Gasteiger partial charge < -0.3 is 0 Å². The maximum absolute atomic E-state index is 11.4. The lowest BCUT2D eigenvalue weighted by molar-refractivity contribution is -0.111. The lowest BCUT2D eigenvalue weighted by Gasteiger charge is -2.01. The maximum atomic E-state index is 11.4. The third-order valence-electron chi connectivity index (χ3n) is 1.96. The van der Waals surface area contributed by atoms with Crippen molar-refractivity contribution in [3.63, 3.8) is 0 Å². The average Bonchev–Trinajstić information content (AvgIpc) is 2.00. The molecular formula is C11H18O. The zero-order valence-corrected chi connectivity index (χ0v) is 8.69. The molecule has 0 aromatic heterocycles. The van der Waals surface area contributed by atoms with Gasteiger partial charge in [-0.3, -0.25) is 4.79 Å². The highest BCUT2D eigenvalue weighted by molar-refractivity contribution is 6.04. The highest BCUT2D eigenvalue weighted by Gasteiger charge is 2.02. The van der Waals surface area contributed by atoms with Crippen LogP contribution in [0.3, 0.4) is 0 Å². The van der Waals surface area contributed by atoms with Gasteiger partial charge in [0.25, 0.3) is 0 Å². The van der Waals surface area contributed by atoms with Gasteiger partial charge in [-0.05, 0) is 45.8 Å². The molecule has 0 aliphatic carbocycles. The first-order chi connectivity index (χ1) is 5.49. The van der Waals surface area contributed by atoms with Crippen molar-refractivity contribution < 1.29 is 4.79 Å². The van der Waals surface area contributed by atoms with Gasteiger partial charge >= 0.3 is 0 Å². The van der Waals surface area contributed by atoms with Crippen LogP contribution in [0.4, 0.5) is 0 Å². The molecule has 0 aliphatic rings. The topological polar surface area (TPSA) is 17.1 Å². The molecule has 0 unspecified atom stereocenters. The van der Waals surface area contributed by atoms with Crippen molar-refractivity contribution in [2.45, 2.75) is 41.0 Å². The second-order valence-corrected chi connectivity index (χ2v) is 3.34. The molecule has 68 valence electrons. The molecule has 1 heteroatoms. The van der Waals surface area contributed by atoms with Crippen molar-refractivity contribution in [1.29, 1.82) is 0 Å². The molecule has 1 nitrogen and oxygen atoms in total. The summed E-state index contributed by atoms with van der Waals surface area (Å²) < 4.78 is 0. The van der Waals surface area contributed by atoms with E-state index in [0.717, 1.165) is 17.6 Å². The van der Waals surface area contributed by atoms with Crippen LogP contribution >= 0.6 is 0 Å². The molecule has 0 heterocycles. The van der Waals surface area contributed by atoms with Crippen LogP contribution in [0.25, 0.3) is 0 Å². The number of rotatable bonds is 3. The van der Waals surface area contributed by atoms with E-state index in [1.165, 1.54) is 5.57 Å². The highest BCUT2D eigenvalue weighted by Crippen LogP contribution is 2.09. The van der Waals surface area contributed by atoms with Gasteiger partial charge in [0.2, 0.25) is 0 Å². The van der Waals surface area contributed by atoms with Gasteiger partial charge in [-0.25, -0.2) is 0 Å². The summed E-state index contributed by atoms with van der Waals surface area (Å²) in [5.41, 5.74) is 3.12. The second kappa shape index (κ2) is 4.91. The lowest BCUT2D eigenvalue weighted by atomic mass is 10.0. The quantitative estimate of drug-likeness (QED) is 0.588. The molecule has 0 spiro atoms. The van der Waals surface area contributed by atoms with E-state index in [1.807, 2.05) is 27.7 Å². The Balaban J connectivity index is 4.62. The molecule has 0 rings (SSSR count). The number of ketones is 1. The van der Waals surface area contributed by atoms with E-state index in [0.29, 0.717) is 0 Å². The minimum absolute atomic E-state index is 0.148. The van der Waals surface area contributed by atoms with Crippen molar-refractivity contribution in [2.75, 3.05) is 0 Å². The second-order valence-electron chi connectivity index (χ2n) is 3.34. The van der Waals surface area contributed by atoms with Crippen molar-refractivity contribution in [1.82, 2.24) is 0 Å².